The van der Waals surface area contributed by atoms with Gasteiger partial charge in [-0.1, -0.05) is 12.1 Å². The third kappa shape index (κ3) is 4.16. The number of rotatable bonds is 4. The number of benzene rings is 2. The second kappa shape index (κ2) is 6.54. The van der Waals surface area contributed by atoms with Crippen LogP contribution < -0.4 is 11.1 Å². The Morgan fingerprint density at radius 1 is 1.19 bits per heavy atom. The van der Waals surface area contributed by atoms with Crippen molar-refractivity contribution in [1.82, 2.24) is 0 Å². The van der Waals surface area contributed by atoms with Crippen molar-refractivity contribution in [2.24, 2.45) is 0 Å². The first-order chi connectivity index (χ1) is 9.95. The molecule has 0 aliphatic heterocycles. The molecule has 0 aliphatic carbocycles. The average Bonchev–Trinajstić information content (AvgIpc) is 2.42. The van der Waals surface area contributed by atoms with E-state index in [1.54, 1.807) is 24.3 Å². The molecule has 1 atom stereocenters. The predicted molar refractivity (Wildman–Crippen MR) is 86.7 cm³/mol. The highest BCUT2D eigenvalue weighted by Gasteiger charge is 2.11. The van der Waals surface area contributed by atoms with Gasteiger partial charge in [0.25, 0.3) is 0 Å². The Morgan fingerprint density at radius 2 is 1.95 bits per heavy atom. The number of hydrogen-bond acceptors (Lipinski definition) is 3. The quantitative estimate of drug-likeness (QED) is 0.853. The largest absolute Gasteiger partial charge is 0.399 e. The Labute approximate surface area is 126 Å². The molecule has 0 bridgehead atoms. The zero-order chi connectivity index (χ0) is 15.4. The van der Waals surface area contributed by atoms with Crippen LogP contribution in [0.5, 0.6) is 0 Å². The molecule has 21 heavy (non-hydrogen) atoms. The number of nitrogens with two attached hydrogens (primary N) is 1. The van der Waals surface area contributed by atoms with Crippen LogP contribution in [0.2, 0.25) is 0 Å². The van der Waals surface area contributed by atoms with E-state index in [9.17, 15) is 9.00 Å². The van der Waals surface area contributed by atoms with Gasteiger partial charge in [0.15, 0.2) is 0 Å². The van der Waals surface area contributed by atoms with Crippen molar-refractivity contribution in [3.63, 3.8) is 0 Å². The van der Waals surface area contributed by atoms with Crippen LogP contribution in [0.25, 0.3) is 0 Å². The molecule has 0 spiro atoms. The number of aryl methyl sites for hydroxylation is 2. The number of carbonyl (C=O) groups excluding carboxylic acids is 1. The van der Waals surface area contributed by atoms with Gasteiger partial charge < -0.3 is 11.1 Å². The number of nitrogens with one attached hydrogen (secondary N) is 1. The van der Waals surface area contributed by atoms with Gasteiger partial charge in [0.2, 0.25) is 5.91 Å². The van der Waals surface area contributed by atoms with Gasteiger partial charge >= 0.3 is 0 Å². The molecule has 0 saturated heterocycles. The van der Waals surface area contributed by atoms with E-state index in [1.165, 1.54) is 0 Å². The van der Waals surface area contributed by atoms with Crippen LogP contribution in [0.15, 0.2) is 47.4 Å². The fourth-order valence-corrected chi connectivity index (χ4v) is 3.00. The van der Waals surface area contributed by atoms with Gasteiger partial charge in [0.1, 0.15) is 5.75 Å². The standard InChI is InChI=1S/C16H18N2O2S/c1-11-4-3-5-14(8-11)21(20)10-16(19)18-15-7-6-13(17)9-12(15)2/h3-9H,10,17H2,1-2H3,(H,18,19). The van der Waals surface area contributed by atoms with Crippen LogP contribution >= 0.6 is 0 Å². The van der Waals surface area contributed by atoms with E-state index < -0.39 is 10.8 Å². The third-order valence-electron chi connectivity index (χ3n) is 3.04. The summed E-state index contributed by atoms with van der Waals surface area (Å²) in [7, 11) is -1.35. The van der Waals surface area contributed by atoms with Gasteiger partial charge in [-0.25, -0.2) is 0 Å². The van der Waals surface area contributed by atoms with E-state index in [4.69, 9.17) is 5.73 Å². The van der Waals surface area contributed by atoms with E-state index in [-0.39, 0.29) is 11.7 Å². The Morgan fingerprint density at radius 3 is 2.62 bits per heavy atom. The topological polar surface area (TPSA) is 72.2 Å². The monoisotopic (exact) mass is 302 g/mol. The van der Waals surface area contributed by atoms with E-state index in [0.717, 1.165) is 11.1 Å². The molecule has 110 valence electrons. The number of anilines is 2. The highest BCUT2D eigenvalue weighted by Crippen LogP contribution is 2.18. The second-order valence-corrected chi connectivity index (χ2v) is 6.38. The maximum absolute atomic E-state index is 12.2. The number of nitrogen functional groups attached to an aromatic ring is 1. The lowest BCUT2D eigenvalue weighted by molar-refractivity contribution is -0.113. The maximum Gasteiger partial charge on any atom is 0.237 e. The summed E-state index contributed by atoms with van der Waals surface area (Å²) in [5.41, 5.74) is 8.91. The van der Waals surface area contributed by atoms with Crippen LogP contribution in [0.4, 0.5) is 11.4 Å². The minimum absolute atomic E-state index is 0.0622. The van der Waals surface area contributed by atoms with Gasteiger partial charge in [-0.15, -0.1) is 0 Å². The number of carbonyl (C=O) groups is 1. The molecule has 1 unspecified atom stereocenters. The van der Waals surface area contributed by atoms with Gasteiger partial charge in [-0.05, 0) is 55.3 Å². The molecule has 0 radical (unpaired) electrons. The lowest BCUT2D eigenvalue weighted by atomic mass is 10.2. The Hall–Kier alpha value is -2.14. The maximum atomic E-state index is 12.2. The summed E-state index contributed by atoms with van der Waals surface area (Å²) in [6.07, 6.45) is 0. The van der Waals surface area contributed by atoms with Crippen molar-refractivity contribution >= 4 is 28.1 Å². The molecular weight excluding hydrogens is 284 g/mol. The minimum atomic E-state index is -1.35. The molecule has 1 amide bonds. The SMILES string of the molecule is Cc1cccc(S(=O)CC(=O)Nc2ccc(N)cc2C)c1. The van der Waals surface area contributed by atoms with Crippen molar-refractivity contribution in [3.8, 4) is 0 Å². The summed E-state index contributed by atoms with van der Waals surface area (Å²) in [5, 5.41) is 2.77. The van der Waals surface area contributed by atoms with Crippen LogP contribution in [0.3, 0.4) is 0 Å². The van der Waals surface area contributed by atoms with Crippen molar-refractivity contribution in [3.05, 3.63) is 53.6 Å². The lowest BCUT2D eigenvalue weighted by Gasteiger charge is -2.09. The molecule has 0 heterocycles. The molecule has 4 nitrogen and oxygen atoms in total. The number of amides is 1. The zero-order valence-corrected chi connectivity index (χ0v) is 12.9. The summed E-state index contributed by atoms with van der Waals surface area (Å²) in [6.45, 7) is 3.79. The van der Waals surface area contributed by atoms with Crippen molar-refractivity contribution in [2.75, 3.05) is 16.8 Å². The Bertz CT molecular complexity index is 698. The van der Waals surface area contributed by atoms with Crippen molar-refractivity contribution in [2.45, 2.75) is 18.7 Å². The van der Waals surface area contributed by atoms with Crippen LogP contribution in [-0.2, 0) is 15.6 Å². The molecular formula is C16H18N2O2S. The highest BCUT2D eigenvalue weighted by atomic mass is 32.2. The van der Waals surface area contributed by atoms with Crippen molar-refractivity contribution < 1.29 is 9.00 Å². The molecule has 2 aromatic carbocycles. The summed E-state index contributed by atoms with van der Waals surface area (Å²) in [5.74, 6) is -0.338. The lowest BCUT2D eigenvalue weighted by Crippen LogP contribution is -2.20. The first kappa shape index (κ1) is 15.3. The van der Waals surface area contributed by atoms with Crippen molar-refractivity contribution in [1.29, 1.82) is 0 Å². The summed E-state index contributed by atoms with van der Waals surface area (Å²) in [6, 6.07) is 12.6. The van der Waals surface area contributed by atoms with Gasteiger partial charge in [-0.3, -0.25) is 9.00 Å². The Balaban J connectivity index is 2.03. The summed E-state index contributed by atoms with van der Waals surface area (Å²) < 4.78 is 12.2. The van der Waals surface area contributed by atoms with Gasteiger partial charge in [-0.2, -0.15) is 0 Å². The fourth-order valence-electron chi connectivity index (χ4n) is 1.97. The normalized spacial score (nSPS) is 11.9. The molecule has 5 heteroatoms. The van der Waals surface area contributed by atoms with E-state index in [2.05, 4.69) is 5.32 Å². The summed E-state index contributed by atoms with van der Waals surface area (Å²) in [4.78, 5) is 12.6. The highest BCUT2D eigenvalue weighted by molar-refractivity contribution is 7.85. The molecule has 2 rings (SSSR count). The Kier molecular flexibility index (Phi) is 4.75. The van der Waals surface area contributed by atoms with Crippen LogP contribution in [0.1, 0.15) is 11.1 Å². The molecule has 0 fully saturated rings. The smallest absolute Gasteiger partial charge is 0.237 e. The average molecular weight is 302 g/mol. The van der Waals surface area contributed by atoms with E-state index >= 15 is 0 Å². The van der Waals surface area contributed by atoms with E-state index in [0.29, 0.717) is 16.3 Å². The first-order valence-corrected chi connectivity index (χ1v) is 7.88. The molecule has 0 aromatic heterocycles. The molecule has 3 N–H and O–H groups in total. The molecule has 0 saturated carbocycles. The number of hydrogen-bond donors (Lipinski definition) is 2. The molecule has 0 aliphatic rings. The summed E-state index contributed by atoms with van der Waals surface area (Å²) >= 11 is 0. The fraction of sp³-hybridized carbons (Fsp3) is 0.188. The second-order valence-electron chi connectivity index (χ2n) is 4.93. The van der Waals surface area contributed by atoms with Gasteiger partial charge in [0.05, 0.1) is 10.8 Å². The van der Waals surface area contributed by atoms with E-state index in [1.807, 2.05) is 32.0 Å². The van der Waals surface area contributed by atoms with Crippen LogP contribution in [0, 0.1) is 13.8 Å². The molecule has 2 aromatic rings. The predicted octanol–water partition coefficient (Wildman–Crippen LogP) is 2.63. The minimum Gasteiger partial charge on any atom is -0.399 e. The van der Waals surface area contributed by atoms with Crippen LogP contribution in [-0.4, -0.2) is 15.9 Å². The van der Waals surface area contributed by atoms with Gasteiger partial charge in [0, 0.05) is 16.3 Å². The third-order valence-corrected chi connectivity index (χ3v) is 4.34. The first-order valence-electron chi connectivity index (χ1n) is 6.57. The zero-order valence-electron chi connectivity index (χ0n) is 12.1.